The number of hydrogen-bond acceptors (Lipinski definition) is 3. The highest BCUT2D eigenvalue weighted by Crippen LogP contribution is 2.24. The van der Waals surface area contributed by atoms with Crippen LogP contribution in [-0.4, -0.2) is 54.2 Å². The van der Waals surface area contributed by atoms with Crippen molar-refractivity contribution in [1.82, 2.24) is 15.5 Å². The summed E-state index contributed by atoms with van der Waals surface area (Å²) in [6.45, 7) is 5.05. The lowest BCUT2D eigenvalue weighted by molar-refractivity contribution is -0.140. The van der Waals surface area contributed by atoms with E-state index in [0.717, 1.165) is 6.54 Å². The molecule has 19 heavy (non-hydrogen) atoms. The summed E-state index contributed by atoms with van der Waals surface area (Å²) >= 11 is 0. The normalized spacial score (nSPS) is 17.9. The average molecular weight is 271 g/mol. The van der Waals surface area contributed by atoms with Gasteiger partial charge in [0.2, 0.25) is 0 Å². The van der Waals surface area contributed by atoms with Gasteiger partial charge in [-0.15, -0.1) is 0 Å². The van der Waals surface area contributed by atoms with Crippen LogP contribution in [-0.2, 0) is 4.79 Å². The van der Waals surface area contributed by atoms with Crippen LogP contribution in [0, 0.1) is 5.92 Å². The number of carboxylic acid groups (broad SMARTS) is 1. The van der Waals surface area contributed by atoms with Crippen molar-refractivity contribution >= 4 is 12.0 Å². The van der Waals surface area contributed by atoms with Gasteiger partial charge in [0.1, 0.15) is 6.04 Å². The average Bonchev–Trinajstić information content (AvgIpc) is 3.18. The minimum absolute atomic E-state index is 0.0858. The molecule has 0 aromatic rings. The quantitative estimate of drug-likeness (QED) is 0.612. The van der Waals surface area contributed by atoms with Crippen molar-refractivity contribution in [2.45, 2.75) is 45.2 Å². The molecule has 0 heterocycles. The lowest BCUT2D eigenvalue weighted by Crippen LogP contribution is -2.50. The molecule has 0 spiro atoms. The predicted molar refractivity (Wildman–Crippen MR) is 73.1 cm³/mol. The Hall–Kier alpha value is -1.30. The predicted octanol–water partition coefficient (Wildman–Crippen LogP) is 0.879. The SMILES string of the molecule is CC[C@H](C)[C@H](NC(=O)NCCN(C)C1CC1)C(=O)O. The van der Waals surface area contributed by atoms with Crippen LogP contribution in [0.25, 0.3) is 0 Å². The van der Waals surface area contributed by atoms with E-state index in [1.807, 2.05) is 20.9 Å². The first kappa shape index (κ1) is 15.8. The van der Waals surface area contributed by atoms with Gasteiger partial charge in [-0.3, -0.25) is 0 Å². The smallest absolute Gasteiger partial charge is 0.326 e. The van der Waals surface area contributed by atoms with Gasteiger partial charge in [-0.05, 0) is 25.8 Å². The van der Waals surface area contributed by atoms with Crippen molar-refractivity contribution in [1.29, 1.82) is 0 Å². The Bertz CT molecular complexity index is 318. The zero-order valence-electron chi connectivity index (χ0n) is 12.0. The number of carbonyl (C=O) groups excluding carboxylic acids is 1. The van der Waals surface area contributed by atoms with Crippen LogP contribution in [0.1, 0.15) is 33.1 Å². The summed E-state index contributed by atoms with van der Waals surface area (Å²) in [5.41, 5.74) is 0. The van der Waals surface area contributed by atoms with Gasteiger partial charge in [0.25, 0.3) is 0 Å². The third-order valence-electron chi connectivity index (χ3n) is 3.69. The molecule has 2 amide bonds. The Balaban J connectivity index is 2.25. The van der Waals surface area contributed by atoms with Crippen LogP contribution < -0.4 is 10.6 Å². The molecule has 0 saturated heterocycles. The van der Waals surface area contributed by atoms with E-state index in [2.05, 4.69) is 15.5 Å². The van der Waals surface area contributed by atoms with E-state index in [-0.39, 0.29) is 5.92 Å². The molecule has 1 aliphatic carbocycles. The van der Waals surface area contributed by atoms with E-state index >= 15 is 0 Å². The summed E-state index contributed by atoms with van der Waals surface area (Å²) in [6, 6.07) is -0.570. The second-order valence-corrected chi connectivity index (χ2v) is 5.31. The van der Waals surface area contributed by atoms with Crippen molar-refractivity contribution in [2.75, 3.05) is 20.1 Å². The highest BCUT2D eigenvalue weighted by molar-refractivity contribution is 5.82. The number of amides is 2. The minimum atomic E-state index is -0.986. The van der Waals surface area contributed by atoms with E-state index in [4.69, 9.17) is 5.11 Å². The second-order valence-electron chi connectivity index (χ2n) is 5.31. The minimum Gasteiger partial charge on any atom is -0.480 e. The Kier molecular flexibility index (Phi) is 6.08. The standard InChI is InChI=1S/C13H25N3O3/c1-4-9(2)11(12(17)18)15-13(19)14-7-8-16(3)10-5-6-10/h9-11H,4-8H2,1-3H3,(H,17,18)(H2,14,15,19)/t9-,11-/m0/s1. The molecule has 6 heteroatoms. The molecule has 1 fully saturated rings. The number of carbonyl (C=O) groups is 2. The molecular weight excluding hydrogens is 246 g/mol. The number of urea groups is 1. The van der Waals surface area contributed by atoms with E-state index < -0.39 is 18.0 Å². The van der Waals surface area contributed by atoms with Crippen molar-refractivity contribution in [3.8, 4) is 0 Å². The summed E-state index contributed by atoms with van der Waals surface area (Å²) in [4.78, 5) is 24.9. The monoisotopic (exact) mass is 271 g/mol. The van der Waals surface area contributed by atoms with Crippen LogP contribution in [0.15, 0.2) is 0 Å². The molecule has 0 aromatic heterocycles. The highest BCUT2D eigenvalue weighted by atomic mass is 16.4. The maximum Gasteiger partial charge on any atom is 0.326 e. The van der Waals surface area contributed by atoms with Crippen molar-refractivity contribution < 1.29 is 14.7 Å². The Labute approximate surface area is 114 Å². The largest absolute Gasteiger partial charge is 0.480 e. The highest BCUT2D eigenvalue weighted by Gasteiger charge is 2.26. The third-order valence-corrected chi connectivity index (χ3v) is 3.69. The second kappa shape index (κ2) is 7.33. The molecule has 0 bridgehead atoms. The number of carboxylic acids is 1. The Morgan fingerprint density at radius 2 is 2.05 bits per heavy atom. The molecule has 0 radical (unpaired) electrons. The molecule has 0 unspecified atom stereocenters. The maximum absolute atomic E-state index is 11.6. The topological polar surface area (TPSA) is 81.7 Å². The summed E-state index contributed by atoms with van der Waals surface area (Å²) < 4.78 is 0. The van der Waals surface area contributed by atoms with Crippen LogP contribution in [0.5, 0.6) is 0 Å². The summed E-state index contributed by atoms with van der Waals surface area (Å²) in [7, 11) is 2.04. The van der Waals surface area contributed by atoms with Gasteiger partial charge in [0.05, 0.1) is 0 Å². The van der Waals surface area contributed by atoms with Gasteiger partial charge in [-0.25, -0.2) is 9.59 Å². The van der Waals surface area contributed by atoms with Gasteiger partial charge in [-0.1, -0.05) is 20.3 Å². The molecule has 6 nitrogen and oxygen atoms in total. The fourth-order valence-electron chi connectivity index (χ4n) is 1.92. The summed E-state index contributed by atoms with van der Waals surface area (Å²) in [5, 5.41) is 14.3. The third kappa shape index (κ3) is 5.46. The molecule has 1 aliphatic rings. The lowest BCUT2D eigenvalue weighted by Gasteiger charge is -2.21. The molecule has 110 valence electrons. The van der Waals surface area contributed by atoms with Crippen molar-refractivity contribution in [3.63, 3.8) is 0 Å². The van der Waals surface area contributed by atoms with E-state index in [1.165, 1.54) is 12.8 Å². The van der Waals surface area contributed by atoms with Crippen LogP contribution in [0.3, 0.4) is 0 Å². The molecule has 0 aromatic carbocycles. The number of likely N-dealkylation sites (N-methyl/N-ethyl adjacent to an activating group) is 1. The van der Waals surface area contributed by atoms with E-state index in [9.17, 15) is 9.59 Å². The van der Waals surface area contributed by atoms with Crippen LogP contribution in [0.4, 0.5) is 4.79 Å². The molecule has 2 atom stereocenters. The zero-order valence-corrected chi connectivity index (χ0v) is 12.0. The molecule has 1 saturated carbocycles. The Morgan fingerprint density at radius 1 is 1.42 bits per heavy atom. The van der Waals surface area contributed by atoms with E-state index in [0.29, 0.717) is 19.0 Å². The Morgan fingerprint density at radius 3 is 2.53 bits per heavy atom. The van der Waals surface area contributed by atoms with E-state index in [1.54, 1.807) is 0 Å². The first-order chi connectivity index (χ1) is 8.95. The fourth-order valence-corrected chi connectivity index (χ4v) is 1.92. The van der Waals surface area contributed by atoms with Crippen LogP contribution in [0.2, 0.25) is 0 Å². The number of nitrogens with zero attached hydrogens (tertiary/aromatic N) is 1. The number of aliphatic carboxylic acids is 1. The van der Waals surface area contributed by atoms with Crippen LogP contribution >= 0.6 is 0 Å². The summed E-state index contributed by atoms with van der Waals surface area (Å²) in [6.07, 6.45) is 3.18. The fraction of sp³-hybridized carbons (Fsp3) is 0.846. The first-order valence-corrected chi connectivity index (χ1v) is 6.93. The zero-order chi connectivity index (χ0) is 14.4. The van der Waals surface area contributed by atoms with Gasteiger partial charge < -0.3 is 20.6 Å². The lowest BCUT2D eigenvalue weighted by atomic mass is 9.99. The number of hydrogen-bond donors (Lipinski definition) is 3. The van der Waals surface area contributed by atoms with Gasteiger partial charge >= 0.3 is 12.0 Å². The molecule has 1 rings (SSSR count). The van der Waals surface area contributed by atoms with Crippen molar-refractivity contribution in [3.05, 3.63) is 0 Å². The van der Waals surface area contributed by atoms with Crippen molar-refractivity contribution in [2.24, 2.45) is 5.92 Å². The maximum atomic E-state index is 11.6. The first-order valence-electron chi connectivity index (χ1n) is 6.93. The molecule has 3 N–H and O–H groups in total. The molecular formula is C13H25N3O3. The van der Waals surface area contributed by atoms with Gasteiger partial charge in [0.15, 0.2) is 0 Å². The summed E-state index contributed by atoms with van der Waals surface area (Å²) in [5.74, 6) is -1.07. The molecule has 0 aliphatic heterocycles. The number of nitrogens with one attached hydrogen (secondary N) is 2. The number of rotatable bonds is 8. The van der Waals surface area contributed by atoms with Gasteiger partial charge in [-0.2, -0.15) is 0 Å². The van der Waals surface area contributed by atoms with Gasteiger partial charge in [0, 0.05) is 19.1 Å².